The van der Waals surface area contributed by atoms with Gasteiger partial charge in [0.1, 0.15) is 0 Å². The van der Waals surface area contributed by atoms with E-state index in [-0.39, 0.29) is 11.7 Å². The molecule has 0 bridgehead atoms. The van der Waals surface area contributed by atoms with E-state index in [4.69, 9.17) is 0 Å². The van der Waals surface area contributed by atoms with Crippen LogP contribution in [0.1, 0.15) is 36.2 Å². The standard InChI is InChI=1S/C14H15FN4/c1-2-16-14-18-8-11(15)13(19-14)10-6-5-9-4-3-7-17-12(9)10/h3-4,7-8,10H,2,5-6H2,1H3,(H,16,18,19). The van der Waals surface area contributed by atoms with E-state index in [9.17, 15) is 4.39 Å². The highest BCUT2D eigenvalue weighted by Crippen LogP contribution is 2.36. The van der Waals surface area contributed by atoms with E-state index in [1.165, 1.54) is 11.8 Å². The Labute approximate surface area is 111 Å². The quantitative estimate of drug-likeness (QED) is 0.919. The summed E-state index contributed by atoms with van der Waals surface area (Å²) in [5, 5.41) is 3.01. The van der Waals surface area contributed by atoms with E-state index in [0.29, 0.717) is 18.2 Å². The van der Waals surface area contributed by atoms with Crippen LogP contribution in [0.15, 0.2) is 24.5 Å². The molecule has 0 radical (unpaired) electrons. The molecule has 0 amide bonds. The first-order valence-corrected chi connectivity index (χ1v) is 6.49. The fraction of sp³-hybridized carbons (Fsp3) is 0.357. The smallest absolute Gasteiger partial charge is 0.223 e. The van der Waals surface area contributed by atoms with Crippen molar-refractivity contribution in [1.82, 2.24) is 15.0 Å². The number of nitrogens with zero attached hydrogens (tertiary/aromatic N) is 3. The van der Waals surface area contributed by atoms with Crippen molar-refractivity contribution in [3.63, 3.8) is 0 Å². The van der Waals surface area contributed by atoms with Crippen LogP contribution in [0, 0.1) is 5.82 Å². The number of rotatable bonds is 3. The molecule has 0 saturated carbocycles. The molecule has 98 valence electrons. The van der Waals surface area contributed by atoms with Gasteiger partial charge in [0, 0.05) is 18.7 Å². The molecule has 3 rings (SSSR count). The summed E-state index contributed by atoms with van der Waals surface area (Å²) in [6.07, 6.45) is 4.77. The van der Waals surface area contributed by atoms with Gasteiger partial charge < -0.3 is 5.32 Å². The van der Waals surface area contributed by atoms with Gasteiger partial charge in [0.25, 0.3) is 0 Å². The second-order valence-corrected chi connectivity index (χ2v) is 4.60. The summed E-state index contributed by atoms with van der Waals surface area (Å²) in [5.74, 6) is 0.0602. The zero-order chi connectivity index (χ0) is 13.2. The predicted molar refractivity (Wildman–Crippen MR) is 70.6 cm³/mol. The van der Waals surface area contributed by atoms with E-state index in [1.54, 1.807) is 6.20 Å². The van der Waals surface area contributed by atoms with E-state index in [2.05, 4.69) is 20.3 Å². The SMILES string of the molecule is CCNc1ncc(F)c(C2CCc3cccnc32)n1. The van der Waals surface area contributed by atoms with Crippen molar-refractivity contribution >= 4 is 5.95 Å². The number of pyridine rings is 1. The minimum atomic E-state index is -0.356. The molecule has 0 aliphatic heterocycles. The van der Waals surface area contributed by atoms with Crippen molar-refractivity contribution in [3.8, 4) is 0 Å². The first-order chi connectivity index (χ1) is 9.29. The average molecular weight is 258 g/mol. The van der Waals surface area contributed by atoms with Gasteiger partial charge in [-0.15, -0.1) is 0 Å². The van der Waals surface area contributed by atoms with Crippen LogP contribution in [0.25, 0.3) is 0 Å². The molecule has 2 aromatic rings. The molecule has 4 nitrogen and oxygen atoms in total. The molecular weight excluding hydrogens is 243 g/mol. The molecule has 5 heteroatoms. The summed E-state index contributed by atoms with van der Waals surface area (Å²) in [6, 6.07) is 3.97. The van der Waals surface area contributed by atoms with Gasteiger partial charge in [0.05, 0.1) is 17.6 Å². The molecule has 1 aliphatic rings. The minimum Gasteiger partial charge on any atom is -0.354 e. The maximum absolute atomic E-state index is 14.0. The third-order valence-corrected chi connectivity index (χ3v) is 3.39. The first-order valence-electron chi connectivity index (χ1n) is 6.49. The minimum absolute atomic E-state index is 0.0587. The molecular formula is C14H15FN4. The van der Waals surface area contributed by atoms with Crippen molar-refractivity contribution in [1.29, 1.82) is 0 Å². The average Bonchev–Trinajstić information content (AvgIpc) is 2.85. The van der Waals surface area contributed by atoms with Crippen molar-refractivity contribution in [3.05, 3.63) is 47.3 Å². The van der Waals surface area contributed by atoms with Crippen molar-refractivity contribution in [2.45, 2.75) is 25.7 Å². The van der Waals surface area contributed by atoms with Gasteiger partial charge in [-0.25, -0.2) is 14.4 Å². The third kappa shape index (κ3) is 2.16. The lowest BCUT2D eigenvalue weighted by molar-refractivity contribution is 0.571. The zero-order valence-electron chi connectivity index (χ0n) is 10.7. The van der Waals surface area contributed by atoms with Crippen LogP contribution in [-0.4, -0.2) is 21.5 Å². The number of anilines is 1. The van der Waals surface area contributed by atoms with E-state index < -0.39 is 0 Å². The predicted octanol–water partition coefficient (Wildman–Crippen LogP) is 2.52. The van der Waals surface area contributed by atoms with E-state index in [1.807, 2.05) is 19.1 Å². The molecule has 0 aromatic carbocycles. The molecule has 1 atom stereocenters. The lowest BCUT2D eigenvalue weighted by Gasteiger charge is -2.12. The molecule has 1 N–H and O–H groups in total. The van der Waals surface area contributed by atoms with E-state index >= 15 is 0 Å². The van der Waals surface area contributed by atoms with Gasteiger partial charge in [-0.3, -0.25) is 4.98 Å². The van der Waals surface area contributed by atoms with Crippen LogP contribution >= 0.6 is 0 Å². The highest BCUT2D eigenvalue weighted by Gasteiger charge is 2.29. The fourth-order valence-electron chi connectivity index (χ4n) is 2.55. The molecule has 0 saturated heterocycles. The van der Waals surface area contributed by atoms with Crippen LogP contribution in [0.3, 0.4) is 0 Å². The highest BCUT2D eigenvalue weighted by atomic mass is 19.1. The lowest BCUT2D eigenvalue weighted by atomic mass is 10.0. The summed E-state index contributed by atoms with van der Waals surface area (Å²) in [6.45, 7) is 2.67. The molecule has 0 spiro atoms. The van der Waals surface area contributed by atoms with Gasteiger partial charge in [0.15, 0.2) is 5.82 Å². The summed E-state index contributed by atoms with van der Waals surface area (Å²) in [5.41, 5.74) is 2.58. The largest absolute Gasteiger partial charge is 0.354 e. The van der Waals surface area contributed by atoms with Gasteiger partial charge in [-0.2, -0.15) is 0 Å². The monoisotopic (exact) mass is 258 g/mol. The Morgan fingerprint density at radius 2 is 2.26 bits per heavy atom. The Hall–Kier alpha value is -2.04. The highest BCUT2D eigenvalue weighted by molar-refractivity contribution is 5.37. The van der Waals surface area contributed by atoms with Crippen LogP contribution in [0.2, 0.25) is 0 Å². The summed E-state index contributed by atoms with van der Waals surface area (Å²) >= 11 is 0. The topological polar surface area (TPSA) is 50.7 Å². The molecule has 19 heavy (non-hydrogen) atoms. The zero-order valence-corrected chi connectivity index (χ0v) is 10.7. The van der Waals surface area contributed by atoms with Crippen LogP contribution in [0.5, 0.6) is 0 Å². The second-order valence-electron chi connectivity index (χ2n) is 4.60. The molecule has 2 aromatic heterocycles. The molecule has 2 heterocycles. The van der Waals surface area contributed by atoms with Gasteiger partial charge in [0.2, 0.25) is 5.95 Å². The van der Waals surface area contributed by atoms with Gasteiger partial charge >= 0.3 is 0 Å². The number of aromatic nitrogens is 3. The molecule has 0 fully saturated rings. The van der Waals surface area contributed by atoms with Gasteiger partial charge in [-0.05, 0) is 31.4 Å². The van der Waals surface area contributed by atoms with Crippen molar-refractivity contribution < 1.29 is 4.39 Å². The number of aryl methyl sites for hydroxylation is 1. The maximum Gasteiger partial charge on any atom is 0.223 e. The number of fused-ring (bicyclic) bond motifs is 1. The van der Waals surface area contributed by atoms with Gasteiger partial charge in [-0.1, -0.05) is 6.07 Å². The second kappa shape index (κ2) is 4.91. The summed E-state index contributed by atoms with van der Waals surface area (Å²) < 4.78 is 14.0. The maximum atomic E-state index is 14.0. The van der Waals surface area contributed by atoms with Crippen LogP contribution in [0.4, 0.5) is 10.3 Å². The fourth-order valence-corrected chi connectivity index (χ4v) is 2.55. The Kier molecular flexibility index (Phi) is 3.11. The Morgan fingerprint density at radius 1 is 1.37 bits per heavy atom. The number of hydrogen-bond donors (Lipinski definition) is 1. The lowest BCUT2D eigenvalue weighted by Crippen LogP contribution is -2.09. The molecule has 1 unspecified atom stereocenters. The summed E-state index contributed by atoms with van der Waals surface area (Å²) in [7, 11) is 0. The summed E-state index contributed by atoms with van der Waals surface area (Å²) in [4.78, 5) is 12.6. The molecule has 1 aliphatic carbocycles. The number of hydrogen-bond acceptors (Lipinski definition) is 4. The van der Waals surface area contributed by atoms with Crippen molar-refractivity contribution in [2.24, 2.45) is 0 Å². The first kappa shape index (κ1) is 12.0. The Bertz CT molecular complexity index is 600. The van der Waals surface area contributed by atoms with Crippen molar-refractivity contribution in [2.75, 3.05) is 11.9 Å². The number of halogens is 1. The Morgan fingerprint density at radius 3 is 3.11 bits per heavy atom. The normalized spacial score (nSPS) is 17.3. The Balaban J connectivity index is 2.01. The third-order valence-electron chi connectivity index (χ3n) is 3.39. The van der Waals surface area contributed by atoms with E-state index in [0.717, 1.165) is 18.5 Å². The van der Waals surface area contributed by atoms with Crippen LogP contribution < -0.4 is 5.32 Å². The number of nitrogens with one attached hydrogen (secondary N) is 1. The van der Waals surface area contributed by atoms with Crippen LogP contribution in [-0.2, 0) is 6.42 Å².